The summed E-state index contributed by atoms with van der Waals surface area (Å²) in [5.74, 6) is 0.0310. The Balaban J connectivity index is 1.45. The minimum Gasteiger partial charge on any atom is -0.323 e. The number of carbonyl (C=O) groups is 2. The Bertz CT molecular complexity index is 1080. The zero-order valence-electron chi connectivity index (χ0n) is 16.7. The number of hydrogen-bond acceptors (Lipinski definition) is 4. The first kappa shape index (κ1) is 20.0. The Labute approximate surface area is 179 Å². The molecule has 152 valence electrons. The Kier molecular flexibility index (Phi) is 5.77. The average Bonchev–Trinajstić information content (AvgIpc) is 3.52. The minimum absolute atomic E-state index is 0.0636. The first-order valence-corrected chi connectivity index (χ1v) is 10.8. The van der Waals surface area contributed by atoms with Crippen molar-refractivity contribution >= 4 is 34.0 Å². The van der Waals surface area contributed by atoms with E-state index in [4.69, 9.17) is 0 Å². The summed E-state index contributed by atoms with van der Waals surface area (Å²) >= 11 is 1.57. The molecule has 1 saturated carbocycles. The van der Waals surface area contributed by atoms with Gasteiger partial charge < -0.3 is 10.6 Å². The van der Waals surface area contributed by atoms with Gasteiger partial charge in [0.1, 0.15) is 0 Å². The van der Waals surface area contributed by atoms with Gasteiger partial charge in [0.05, 0.1) is 5.92 Å². The van der Waals surface area contributed by atoms with Crippen molar-refractivity contribution < 1.29 is 9.59 Å². The molecule has 1 fully saturated rings. The van der Waals surface area contributed by atoms with Crippen molar-refractivity contribution in [1.82, 2.24) is 4.98 Å². The van der Waals surface area contributed by atoms with Crippen molar-refractivity contribution in [3.8, 4) is 11.1 Å². The van der Waals surface area contributed by atoms with Gasteiger partial charge in [0.2, 0.25) is 11.8 Å². The van der Waals surface area contributed by atoms with Crippen molar-refractivity contribution in [2.75, 3.05) is 10.6 Å². The van der Waals surface area contributed by atoms with Gasteiger partial charge in [0.15, 0.2) is 5.13 Å². The number of aromatic nitrogens is 1. The van der Waals surface area contributed by atoms with E-state index in [0.717, 1.165) is 16.7 Å². The molecule has 30 heavy (non-hydrogen) atoms. The summed E-state index contributed by atoms with van der Waals surface area (Å²) in [6.07, 6.45) is 5.56. The lowest BCUT2D eigenvalue weighted by Gasteiger charge is -2.13. The van der Waals surface area contributed by atoms with Gasteiger partial charge in [-0.05, 0) is 60.6 Å². The fourth-order valence-electron chi connectivity index (χ4n) is 3.19. The smallest absolute Gasteiger partial charge is 0.247 e. The number of nitrogens with one attached hydrogen (secondary N) is 2. The molecule has 2 aromatic carbocycles. The lowest BCUT2D eigenvalue weighted by molar-refractivity contribution is -0.117. The maximum atomic E-state index is 12.7. The third kappa shape index (κ3) is 4.66. The third-order valence-electron chi connectivity index (χ3n) is 5.18. The fourth-order valence-corrected chi connectivity index (χ4v) is 4.18. The number of rotatable bonds is 7. The van der Waals surface area contributed by atoms with Crippen LogP contribution in [0.15, 0.2) is 67.4 Å². The van der Waals surface area contributed by atoms with Crippen LogP contribution < -0.4 is 10.6 Å². The molecule has 0 bridgehead atoms. The zero-order chi connectivity index (χ0) is 21.1. The topological polar surface area (TPSA) is 71.1 Å². The molecule has 1 atom stereocenters. The molecule has 0 spiro atoms. The standard InChI is InChI=1S/C24H23N3O2S/c1-3-22(28)26-20-11-9-16(10-12-20)19-6-4-5-18(13-19)15(2)23(29)27-24-25-14-21(30-24)17-7-8-17/h3-6,9-15,17H,1,7-8H2,2H3,(H,26,28)(H,25,27,29)/t15-/m0/s1. The summed E-state index contributed by atoms with van der Waals surface area (Å²) in [7, 11) is 0. The normalized spacial score (nSPS) is 14.0. The molecular weight excluding hydrogens is 394 g/mol. The van der Waals surface area contributed by atoms with E-state index < -0.39 is 0 Å². The molecule has 1 heterocycles. The van der Waals surface area contributed by atoms with E-state index in [1.807, 2.05) is 61.7 Å². The van der Waals surface area contributed by atoms with E-state index >= 15 is 0 Å². The van der Waals surface area contributed by atoms with Crippen LogP contribution in [0.2, 0.25) is 0 Å². The predicted octanol–water partition coefficient (Wildman–Crippen LogP) is 5.55. The summed E-state index contributed by atoms with van der Waals surface area (Å²) in [6, 6.07) is 15.5. The summed E-state index contributed by atoms with van der Waals surface area (Å²) < 4.78 is 0. The van der Waals surface area contributed by atoms with Gasteiger partial charge in [-0.1, -0.05) is 43.0 Å². The Morgan fingerprint density at radius 3 is 2.60 bits per heavy atom. The summed E-state index contributed by atoms with van der Waals surface area (Å²) in [5.41, 5.74) is 3.67. The predicted molar refractivity (Wildman–Crippen MR) is 122 cm³/mol. The average molecular weight is 418 g/mol. The van der Waals surface area contributed by atoms with E-state index in [0.29, 0.717) is 16.7 Å². The second kappa shape index (κ2) is 8.63. The molecular formula is C24H23N3O2S. The van der Waals surface area contributed by atoms with Gasteiger partial charge >= 0.3 is 0 Å². The van der Waals surface area contributed by atoms with E-state index in [2.05, 4.69) is 22.2 Å². The monoisotopic (exact) mass is 417 g/mol. The van der Waals surface area contributed by atoms with Crippen LogP contribution in [0, 0.1) is 0 Å². The molecule has 2 amide bonds. The van der Waals surface area contributed by atoms with Crippen LogP contribution in [-0.2, 0) is 9.59 Å². The minimum atomic E-state index is -0.302. The molecule has 1 aromatic heterocycles. The Morgan fingerprint density at radius 2 is 1.90 bits per heavy atom. The highest BCUT2D eigenvalue weighted by Gasteiger charge is 2.26. The fraction of sp³-hybridized carbons (Fsp3) is 0.208. The van der Waals surface area contributed by atoms with E-state index in [1.54, 1.807) is 11.3 Å². The molecule has 3 aromatic rings. The number of anilines is 2. The van der Waals surface area contributed by atoms with E-state index in [-0.39, 0.29) is 17.7 Å². The summed E-state index contributed by atoms with van der Waals surface area (Å²) in [4.78, 5) is 29.8. The molecule has 0 saturated heterocycles. The highest BCUT2D eigenvalue weighted by atomic mass is 32.1. The van der Waals surface area contributed by atoms with Gasteiger partial charge in [-0.2, -0.15) is 0 Å². The van der Waals surface area contributed by atoms with Gasteiger partial charge in [0, 0.05) is 16.8 Å². The number of nitrogens with zero attached hydrogens (tertiary/aromatic N) is 1. The van der Waals surface area contributed by atoms with Gasteiger partial charge in [-0.15, -0.1) is 11.3 Å². The third-order valence-corrected chi connectivity index (χ3v) is 6.26. The first-order valence-electron chi connectivity index (χ1n) is 9.94. The van der Waals surface area contributed by atoms with Crippen molar-refractivity contribution in [3.05, 3.63) is 77.8 Å². The van der Waals surface area contributed by atoms with E-state index in [9.17, 15) is 9.59 Å². The number of hydrogen-bond donors (Lipinski definition) is 2. The lowest BCUT2D eigenvalue weighted by atomic mass is 9.95. The van der Waals surface area contributed by atoms with Gasteiger partial charge in [-0.25, -0.2) is 4.98 Å². The SMILES string of the molecule is C=CC(=O)Nc1ccc(-c2cccc([C@H](C)C(=O)Nc3ncc(C4CC4)s3)c2)cc1. The molecule has 2 N–H and O–H groups in total. The zero-order valence-corrected chi connectivity index (χ0v) is 17.5. The highest BCUT2D eigenvalue weighted by Crippen LogP contribution is 2.43. The Hall–Kier alpha value is -3.25. The molecule has 6 heteroatoms. The van der Waals surface area contributed by atoms with Crippen LogP contribution in [0.4, 0.5) is 10.8 Å². The molecule has 0 aliphatic heterocycles. The molecule has 0 radical (unpaired) electrons. The molecule has 1 aliphatic rings. The van der Waals surface area contributed by atoms with Crippen LogP contribution in [0.3, 0.4) is 0 Å². The summed E-state index contributed by atoms with van der Waals surface area (Å²) in [5, 5.41) is 6.36. The van der Waals surface area contributed by atoms with Crippen molar-refractivity contribution in [3.63, 3.8) is 0 Å². The highest BCUT2D eigenvalue weighted by molar-refractivity contribution is 7.15. The van der Waals surface area contributed by atoms with Crippen LogP contribution in [0.1, 0.15) is 42.0 Å². The second-order valence-electron chi connectivity index (χ2n) is 7.45. The van der Waals surface area contributed by atoms with Crippen LogP contribution in [0.25, 0.3) is 11.1 Å². The molecule has 0 unspecified atom stereocenters. The van der Waals surface area contributed by atoms with Crippen LogP contribution in [0.5, 0.6) is 0 Å². The number of thiazole rings is 1. The molecule has 4 rings (SSSR count). The second-order valence-corrected chi connectivity index (χ2v) is 8.51. The number of carbonyl (C=O) groups excluding carboxylic acids is 2. The molecule has 1 aliphatic carbocycles. The van der Waals surface area contributed by atoms with Gasteiger partial charge in [0.25, 0.3) is 0 Å². The largest absolute Gasteiger partial charge is 0.323 e. The quantitative estimate of drug-likeness (QED) is 0.495. The summed E-state index contributed by atoms with van der Waals surface area (Å²) in [6.45, 7) is 5.35. The van der Waals surface area contributed by atoms with Crippen molar-refractivity contribution in [2.45, 2.75) is 31.6 Å². The maximum absolute atomic E-state index is 12.7. The number of amides is 2. The Morgan fingerprint density at radius 1 is 1.13 bits per heavy atom. The first-order chi connectivity index (χ1) is 14.5. The number of benzene rings is 2. The van der Waals surface area contributed by atoms with E-state index in [1.165, 1.54) is 23.8 Å². The lowest BCUT2D eigenvalue weighted by Crippen LogP contribution is -2.18. The van der Waals surface area contributed by atoms with Crippen molar-refractivity contribution in [2.24, 2.45) is 0 Å². The van der Waals surface area contributed by atoms with Crippen LogP contribution >= 0.6 is 11.3 Å². The van der Waals surface area contributed by atoms with Crippen molar-refractivity contribution in [1.29, 1.82) is 0 Å². The van der Waals surface area contributed by atoms with Gasteiger partial charge in [-0.3, -0.25) is 9.59 Å². The molecule has 5 nitrogen and oxygen atoms in total. The maximum Gasteiger partial charge on any atom is 0.247 e. The van der Waals surface area contributed by atoms with Crippen LogP contribution in [-0.4, -0.2) is 16.8 Å².